The first-order valence-electron chi connectivity index (χ1n) is 9.30. The van der Waals surface area contributed by atoms with Crippen LogP contribution in [0.4, 0.5) is 0 Å². The summed E-state index contributed by atoms with van der Waals surface area (Å²) in [5.74, 6) is 0.978. The largest absolute Gasteiger partial charge is 0.481 e. The predicted molar refractivity (Wildman–Crippen MR) is 109 cm³/mol. The highest BCUT2D eigenvalue weighted by atomic mass is 35.5. The van der Waals surface area contributed by atoms with Gasteiger partial charge in [-0.1, -0.05) is 53.5 Å². The van der Waals surface area contributed by atoms with Crippen LogP contribution in [0.2, 0.25) is 10.0 Å². The fourth-order valence-electron chi connectivity index (χ4n) is 3.63. The van der Waals surface area contributed by atoms with Gasteiger partial charge in [0, 0.05) is 12.0 Å². The Labute approximate surface area is 169 Å². The summed E-state index contributed by atoms with van der Waals surface area (Å²) in [4.78, 5) is 5.64. The van der Waals surface area contributed by atoms with Crippen molar-refractivity contribution in [2.75, 3.05) is 19.7 Å². The fraction of sp³-hybridized carbons (Fsp3) is 0.381. The molecule has 0 spiro atoms. The van der Waals surface area contributed by atoms with E-state index in [1.54, 1.807) is 0 Å². The Morgan fingerprint density at radius 1 is 1.22 bits per heavy atom. The van der Waals surface area contributed by atoms with Crippen LogP contribution >= 0.6 is 23.2 Å². The third kappa shape index (κ3) is 3.54. The number of hydrogen-bond donors (Lipinski definition) is 1. The molecule has 1 N–H and O–H groups in total. The van der Waals surface area contributed by atoms with E-state index < -0.39 is 5.60 Å². The maximum Gasteiger partial charge on any atom is 0.143 e. The van der Waals surface area contributed by atoms with E-state index in [4.69, 9.17) is 32.8 Å². The quantitative estimate of drug-likeness (QED) is 0.520. The van der Waals surface area contributed by atoms with E-state index in [0.717, 1.165) is 48.5 Å². The molecule has 0 radical (unpaired) electrons. The van der Waals surface area contributed by atoms with Crippen LogP contribution in [0.25, 0.3) is 0 Å². The number of hydrogen-bond acceptors (Lipinski definition) is 4. The molecule has 1 saturated carbocycles. The van der Waals surface area contributed by atoms with Gasteiger partial charge in [0.05, 0.1) is 21.7 Å². The van der Waals surface area contributed by atoms with Crippen LogP contribution in [0.3, 0.4) is 0 Å². The molecule has 2 aromatic rings. The van der Waals surface area contributed by atoms with E-state index in [-0.39, 0.29) is 5.92 Å². The number of ether oxygens (including phenoxy) is 1. The van der Waals surface area contributed by atoms with Gasteiger partial charge in [-0.2, -0.15) is 0 Å². The van der Waals surface area contributed by atoms with Crippen LogP contribution in [-0.4, -0.2) is 25.4 Å². The number of benzene rings is 2. The van der Waals surface area contributed by atoms with Gasteiger partial charge in [0.2, 0.25) is 0 Å². The molecular weight excluding hydrogens is 383 g/mol. The van der Waals surface area contributed by atoms with Crippen molar-refractivity contribution in [1.29, 1.82) is 0 Å². The molecule has 0 bridgehead atoms. The summed E-state index contributed by atoms with van der Waals surface area (Å²) < 4.78 is 6.42. The number of halogens is 2. The second-order valence-corrected chi connectivity index (χ2v) is 7.70. The van der Waals surface area contributed by atoms with E-state index >= 15 is 0 Å². The zero-order valence-electron chi connectivity index (χ0n) is 15.2. The van der Waals surface area contributed by atoms with Gasteiger partial charge in [0.25, 0.3) is 0 Å². The lowest BCUT2D eigenvalue weighted by molar-refractivity contribution is 0.134. The van der Waals surface area contributed by atoms with E-state index in [2.05, 4.69) is 17.4 Å². The summed E-state index contributed by atoms with van der Waals surface area (Å²) in [5.41, 5.74) is 2.54. The molecular formula is C21H22Cl2N2O2. The van der Waals surface area contributed by atoms with Crippen molar-refractivity contribution >= 4 is 28.9 Å². The Bertz CT molecular complexity index is 871. The van der Waals surface area contributed by atoms with Crippen LogP contribution in [0.15, 0.2) is 47.6 Å². The minimum absolute atomic E-state index is 0.151. The summed E-state index contributed by atoms with van der Waals surface area (Å²) in [5, 5.41) is 8.87. The van der Waals surface area contributed by atoms with Crippen LogP contribution in [0, 0.1) is 5.92 Å². The van der Waals surface area contributed by atoms with Gasteiger partial charge in [-0.25, -0.2) is 0 Å². The van der Waals surface area contributed by atoms with Gasteiger partial charge >= 0.3 is 0 Å². The molecule has 0 saturated heterocycles. The molecule has 2 atom stereocenters. The maximum atomic E-state index is 6.42. The zero-order valence-corrected chi connectivity index (χ0v) is 16.7. The van der Waals surface area contributed by atoms with Gasteiger partial charge in [0.1, 0.15) is 18.0 Å². The van der Waals surface area contributed by atoms with Gasteiger partial charge in [-0.15, -0.1) is 0 Å². The monoisotopic (exact) mass is 404 g/mol. The van der Waals surface area contributed by atoms with E-state index in [1.165, 1.54) is 0 Å². The number of nitrogens with one attached hydrogen (secondary N) is 1. The molecule has 4 nitrogen and oxygen atoms in total. The third-order valence-electron chi connectivity index (χ3n) is 5.11. The second kappa shape index (κ2) is 7.70. The minimum atomic E-state index is -0.436. The molecule has 1 aliphatic heterocycles. The maximum absolute atomic E-state index is 6.42. The highest BCUT2D eigenvalue weighted by molar-refractivity contribution is 6.42. The highest BCUT2D eigenvalue weighted by Gasteiger charge is 2.64. The SMILES string of the molecule is CCNCCCON=C1c2ccccc2OC2(c3ccc(Cl)c(Cl)c3)CC12. The normalized spacial score (nSPS) is 24.1. The summed E-state index contributed by atoms with van der Waals surface area (Å²) >= 11 is 12.3. The number of fused-ring (bicyclic) bond motifs is 2. The first-order chi connectivity index (χ1) is 13.2. The molecule has 2 unspecified atom stereocenters. The topological polar surface area (TPSA) is 42.8 Å². The average Bonchev–Trinajstić information content (AvgIpc) is 3.41. The summed E-state index contributed by atoms with van der Waals surface area (Å²) in [6, 6.07) is 13.7. The molecule has 6 heteroatoms. The summed E-state index contributed by atoms with van der Waals surface area (Å²) in [6.45, 7) is 4.58. The van der Waals surface area contributed by atoms with Gasteiger partial charge < -0.3 is 14.9 Å². The Balaban J connectivity index is 1.59. The zero-order chi connectivity index (χ0) is 18.9. The molecule has 2 aromatic carbocycles. The Hall–Kier alpha value is -1.75. The van der Waals surface area contributed by atoms with Gasteiger partial charge in [0.15, 0.2) is 0 Å². The number of rotatable bonds is 7. The third-order valence-corrected chi connectivity index (χ3v) is 5.84. The number of para-hydroxylation sites is 1. The molecule has 1 aliphatic carbocycles. The van der Waals surface area contributed by atoms with Crippen molar-refractivity contribution < 1.29 is 9.57 Å². The van der Waals surface area contributed by atoms with Crippen molar-refractivity contribution in [2.24, 2.45) is 11.1 Å². The minimum Gasteiger partial charge on any atom is -0.481 e. The molecule has 27 heavy (non-hydrogen) atoms. The van der Waals surface area contributed by atoms with Crippen LogP contribution in [0.5, 0.6) is 5.75 Å². The molecule has 142 valence electrons. The number of nitrogens with zero attached hydrogens (tertiary/aromatic N) is 1. The van der Waals surface area contributed by atoms with Crippen LogP contribution in [0.1, 0.15) is 30.9 Å². The van der Waals surface area contributed by atoms with E-state index in [9.17, 15) is 0 Å². The molecule has 1 fully saturated rings. The molecule has 0 aromatic heterocycles. The Morgan fingerprint density at radius 3 is 2.89 bits per heavy atom. The van der Waals surface area contributed by atoms with Crippen molar-refractivity contribution in [3.8, 4) is 5.75 Å². The fourth-order valence-corrected chi connectivity index (χ4v) is 3.93. The van der Waals surface area contributed by atoms with Crippen molar-refractivity contribution in [3.05, 3.63) is 63.6 Å². The lowest BCUT2D eigenvalue weighted by Crippen LogP contribution is -2.28. The smallest absolute Gasteiger partial charge is 0.143 e. The Kier molecular flexibility index (Phi) is 5.31. The van der Waals surface area contributed by atoms with E-state index in [1.807, 2.05) is 42.5 Å². The summed E-state index contributed by atoms with van der Waals surface area (Å²) in [6.07, 6.45) is 1.77. The van der Waals surface area contributed by atoms with Crippen molar-refractivity contribution in [3.63, 3.8) is 0 Å². The lowest BCUT2D eigenvalue weighted by atomic mass is 9.96. The first-order valence-corrected chi connectivity index (χ1v) is 10.1. The predicted octanol–water partition coefficient (Wildman–Crippen LogP) is 5.02. The van der Waals surface area contributed by atoms with Crippen LogP contribution < -0.4 is 10.1 Å². The van der Waals surface area contributed by atoms with Crippen molar-refractivity contribution in [1.82, 2.24) is 5.32 Å². The summed E-state index contributed by atoms with van der Waals surface area (Å²) in [7, 11) is 0. The molecule has 4 rings (SSSR count). The molecule has 0 amide bonds. The highest BCUT2D eigenvalue weighted by Crippen LogP contribution is 2.60. The molecule has 1 heterocycles. The average molecular weight is 405 g/mol. The van der Waals surface area contributed by atoms with Crippen LogP contribution in [-0.2, 0) is 10.4 Å². The van der Waals surface area contributed by atoms with E-state index in [0.29, 0.717) is 16.7 Å². The second-order valence-electron chi connectivity index (χ2n) is 6.89. The standard InChI is InChI=1S/C21H22Cl2N2O2/c1-2-24-10-5-11-26-25-20-15-6-3-4-7-19(15)27-21(13-16(20)21)14-8-9-17(22)18(23)12-14/h3-4,6-9,12,16,24H,2,5,10-11,13H2,1H3. The molecule has 2 aliphatic rings. The van der Waals surface area contributed by atoms with Gasteiger partial charge in [-0.3, -0.25) is 0 Å². The van der Waals surface area contributed by atoms with Crippen molar-refractivity contribution in [2.45, 2.75) is 25.4 Å². The lowest BCUT2D eigenvalue weighted by Gasteiger charge is -2.27. The Morgan fingerprint density at radius 2 is 2.07 bits per heavy atom. The van der Waals surface area contributed by atoms with Gasteiger partial charge in [-0.05, 0) is 49.3 Å². The first kappa shape index (κ1) is 18.6. The number of oxime groups is 1.